The van der Waals surface area contributed by atoms with Crippen molar-refractivity contribution in [3.63, 3.8) is 0 Å². The fourth-order valence-corrected chi connectivity index (χ4v) is 4.12. The van der Waals surface area contributed by atoms with Gasteiger partial charge in [-0.05, 0) is 51.6 Å². The van der Waals surface area contributed by atoms with Gasteiger partial charge in [-0.15, -0.1) is 0 Å². The molecule has 0 aromatic carbocycles. The van der Waals surface area contributed by atoms with Crippen LogP contribution in [0.25, 0.3) is 0 Å². The highest BCUT2D eigenvalue weighted by Gasteiger charge is 2.45. The minimum Gasteiger partial charge on any atom is -0.393 e. The van der Waals surface area contributed by atoms with Crippen molar-refractivity contribution < 1.29 is 14.4 Å². The molecule has 0 atom stereocenters. The van der Waals surface area contributed by atoms with Crippen molar-refractivity contribution in [1.82, 2.24) is 20.3 Å². The van der Waals surface area contributed by atoms with E-state index in [1.165, 1.54) is 19.3 Å². The first-order chi connectivity index (χ1) is 12.6. The summed E-state index contributed by atoms with van der Waals surface area (Å²) in [7, 11) is 0. The number of amides is 1. The van der Waals surface area contributed by atoms with Crippen molar-refractivity contribution in [2.75, 3.05) is 32.7 Å². The van der Waals surface area contributed by atoms with Gasteiger partial charge in [0, 0.05) is 25.7 Å². The Labute approximate surface area is 154 Å². The number of nitrogens with zero attached hydrogens (tertiary/aromatic N) is 3. The first-order valence-corrected chi connectivity index (χ1v) is 10.0. The summed E-state index contributed by atoms with van der Waals surface area (Å²) in [5.74, 6) is 0.594. The van der Waals surface area contributed by atoms with E-state index in [0.29, 0.717) is 18.0 Å². The lowest BCUT2D eigenvalue weighted by atomic mass is 10.1. The molecule has 2 N–H and O–H groups in total. The minimum absolute atomic E-state index is 0.0590. The van der Waals surface area contributed by atoms with E-state index in [-0.39, 0.29) is 17.6 Å². The first-order valence-electron chi connectivity index (χ1n) is 10.0. The van der Waals surface area contributed by atoms with Crippen LogP contribution in [-0.4, -0.2) is 70.3 Å². The third kappa shape index (κ3) is 4.45. The zero-order valence-corrected chi connectivity index (χ0v) is 15.5. The Kier molecular flexibility index (Phi) is 5.29. The van der Waals surface area contributed by atoms with E-state index in [9.17, 15) is 9.90 Å². The maximum atomic E-state index is 12.6. The number of carbonyl (C=O) groups is 1. The average Bonchev–Trinajstić information content (AvgIpc) is 3.22. The van der Waals surface area contributed by atoms with Gasteiger partial charge in [-0.1, -0.05) is 11.6 Å². The number of aliphatic hydroxyl groups excluding tert-OH is 1. The Morgan fingerprint density at radius 2 is 1.92 bits per heavy atom. The zero-order valence-electron chi connectivity index (χ0n) is 15.5. The standard InChI is InChI=1S/C19H30N4O3/c24-15-4-10-22(11-5-15)13-16-12-17(21-26-16)18(25)20-19(6-7-19)14-23-8-2-1-3-9-23/h12,15,24H,1-11,13-14H2,(H,20,25). The predicted octanol–water partition coefficient (Wildman–Crippen LogP) is 1.38. The molecular formula is C19H30N4O3. The highest BCUT2D eigenvalue weighted by molar-refractivity contribution is 5.93. The number of aromatic nitrogens is 1. The van der Waals surface area contributed by atoms with Gasteiger partial charge in [0.05, 0.1) is 18.2 Å². The molecule has 1 aromatic rings. The molecule has 3 fully saturated rings. The lowest BCUT2D eigenvalue weighted by Gasteiger charge is -2.30. The summed E-state index contributed by atoms with van der Waals surface area (Å²) in [6, 6.07) is 1.76. The summed E-state index contributed by atoms with van der Waals surface area (Å²) in [5, 5.41) is 16.8. The van der Waals surface area contributed by atoms with Crippen molar-refractivity contribution in [3.05, 3.63) is 17.5 Å². The Morgan fingerprint density at radius 3 is 2.62 bits per heavy atom. The van der Waals surface area contributed by atoms with E-state index in [4.69, 9.17) is 4.52 Å². The molecule has 1 saturated carbocycles. The SMILES string of the molecule is O=C(NC1(CN2CCCCC2)CC1)c1cc(CN2CCC(O)CC2)on1. The molecule has 0 radical (unpaired) electrons. The van der Waals surface area contributed by atoms with Crippen LogP contribution >= 0.6 is 0 Å². The van der Waals surface area contributed by atoms with Gasteiger partial charge < -0.3 is 19.8 Å². The fourth-order valence-electron chi connectivity index (χ4n) is 4.12. The van der Waals surface area contributed by atoms with Crippen LogP contribution in [0.15, 0.2) is 10.6 Å². The molecular weight excluding hydrogens is 332 g/mol. The first kappa shape index (κ1) is 17.9. The second-order valence-electron chi connectivity index (χ2n) is 8.26. The highest BCUT2D eigenvalue weighted by atomic mass is 16.5. The maximum absolute atomic E-state index is 12.6. The number of rotatable bonds is 6. The Bertz CT molecular complexity index is 614. The molecule has 4 rings (SSSR count). The Balaban J connectivity index is 1.29. The van der Waals surface area contributed by atoms with Crippen LogP contribution in [0.5, 0.6) is 0 Å². The quantitative estimate of drug-likeness (QED) is 0.796. The van der Waals surface area contributed by atoms with E-state index < -0.39 is 0 Å². The fraction of sp³-hybridized carbons (Fsp3) is 0.789. The smallest absolute Gasteiger partial charge is 0.273 e. The average molecular weight is 362 g/mol. The summed E-state index contributed by atoms with van der Waals surface area (Å²) >= 11 is 0. The molecule has 0 bridgehead atoms. The molecule has 26 heavy (non-hydrogen) atoms. The molecule has 0 unspecified atom stereocenters. The van der Waals surface area contributed by atoms with Gasteiger partial charge in [0.2, 0.25) is 0 Å². The third-order valence-electron chi connectivity index (χ3n) is 5.94. The van der Waals surface area contributed by atoms with Gasteiger partial charge in [-0.2, -0.15) is 0 Å². The van der Waals surface area contributed by atoms with Gasteiger partial charge in [0.15, 0.2) is 11.5 Å². The van der Waals surface area contributed by atoms with Crippen LogP contribution in [0, 0.1) is 0 Å². The molecule has 144 valence electrons. The van der Waals surface area contributed by atoms with Crippen molar-refractivity contribution in [2.24, 2.45) is 0 Å². The summed E-state index contributed by atoms with van der Waals surface area (Å²) in [6.07, 6.45) is 7.37. The monoisotopic (exact) mass is 362 g/mol. The molecule has 7 heteroatoms. The van der Waals surface area contributed by atoms with Crippen molar-refractivity contribution in [2.45, 2.75) is 63.1 Å². The van der Waals surface area contributed by atoms with Crippen molar-refractivity contribution >= 4 is 5.91 Å². The number of likely N-dealkylation sites (tertiary alicyclic amines) is 2. The number of hydrogen-bond acceptors (Lipinski definition) is 6. The third-order valence-corrected chi connectivity index (χ3v) is 5.94. The molecule has 3 heterocycles. The number of nitrogens with one attached hydrogen (secondary N) is 1. The van der Waals surface area contributed by atoms with Gasteiger partial charge in [0.1, 0.15) is 0 Å². The van der Waals surface area contributed by atoms with Crippen LogP contribution in [0.4, 0.5) is 0 Å². The van der Waals surface area contributed by atoms with Crippen LogP contribution in [0.3, 0.4) is 0 Å². The van der Waals surface area contributed by atoms with Crippen molar-refractivity contribution in [3.8, 4) is 0 Å². The van der Waals surface area contributed by atoms with E-state index in [1.54, 1.807) is 6.07 Å². The van der Waals surface area contributed by atoms with Crippen LogP contribution in [0.1, 0.15) is 61.2 Å². The number of aliphatic hydroxyl groups is 1. The van der Waals surface area contributed by atoms with Crippen LogP contribution in [-0.2, 0) is 6.54 Å². The van der Waals surface area contributed by atoms with Gasteiger partial charge in [0.25, 0.3) is 5.91 Å². The molecule has 1 aliphatic carbocycles. The lowest BCUT2D eigenvalue weighted by Crippen LogP contribution is -2.47. The molecule has 1 amide bonds. The topological polar surface area (TPSA) is 81.8 Å². The highest BCUT2D eigenvalue weighted by Crippen LogP contribution is 2.37. The van der Waals surface area contributed by atoms with E-state index in [1.807, 2.05) is 0 Å². The van der Waals surface area contributed by atoms with E-state index in [2.05, 4.69) is 20.3 Å². The summed E-state index contributed by atoms with van der Waals surface area (Å²) in [4.78, 5) is 17.3. The van der Waals surface area contributed by atoms with Crippen LogP contribution < -0.4 is 5.32 Å². The van der Waals surface area contributed by atoms with E-state index >= 15 is 0 Å². The summed E-state index contributed by atoms with van der Waals surface area (Å²) in [5.41, 5.74) is 0.318. The number of hydrogen-bond donors (Lipinski definition) is 2. The zero-order chi connectivity index (χ0) is 18.0. The van der Waals surface area contributed by atoms with E-state index in [0.717, 1.165) is 58.4 Å². The number of piperidine rings is 2. The van der Waals surface area contributed by atoms with Crippen LogP contribution in [0.2, 0.25) is 0 Å². The molecule has 2 saturated heterocycles. The van der Waals surface area contributed by atoms with Gasteiger partial charge in [-0.25, -0.2) is 0 Å². The maximum Gasteiger partial charge on any atom is 0.273 e. The predicted molar refractivity (Wildman–Crippen MR) is 96.7 cm³/mol. The molecule has 1 aromatic heterocycles. The second-order valence-corrected chi connectivity index (χ2v) is 8.26. The molecule has 2 aliphatic heterocycles. The lowest BCUT2D eigenvalue weighted by molar-refractivity contribution is 0.0748. The summed E-state index contributed by atoms with van der Waals surface area (Å²) in [6.45, 7) is 5.60. The minimum atomic E-state index is -0.183. The van der Waals surface area contributed by atoms with Crippen molar-refractivity contribution in [1.29, 1.82) is 0 Å². The Morgan fingerprint density at radius 1 is 1.19 bits per heavy atom. The number of carbonyl (C=O) groups excluding carboxylic acids is 1. The van der Waals surface area contributed by atoms with Gasteiger partial charge in [-0.3, -0.25) is 9.69 Å². The molecule has 7 nitrogen and oxygen atoms in total. The molecule has 0 spiro atoms. The Hall–Kier alpha value is -1.44. The van der Waals surface area contributed by atoms with Gasteiger partial charge >= 0.3 is 0 Å². The normalized spacial score (nSPS) is 24.5. The summed E-state index contributed by atoms with van der Waals surface area (Å²) < 4.78 is 5.37. The molecule has 3 aliphatic rings. The largest absolute Gasteiger partial charge is 0.393 e. The second kappa shape index (κ2) is 7.66.